The van der Waals surface area contributed by atoms with Crippen LogP contribution in [0.25, 0.3) is 11.3 Å². The van der Waals surface area contributed by atoms with Crippen LogP contribution < -0.4 is 19.7 Å². The molecule has 0 fully saturated rings. The number of carbonyl (C=O) groups excluding carboxylic acids is 2. The Morgan fingerprint density at radius 2 is 2.09 bits per heavy atom. The van der Waals surface area contributed by atoms with E-state index in [2.05, 4.69) is 12.2 Å². The van der Waals surface area contributed by atoms with Gasteiger partial charge in [0.25, 0.3) is 5.91 Å². The molecule has 4 rings (SSSR count). The van der Waals surface area contributed by atoms with Crippen molar-refractivity contribution < 1.29 is 19.1 Å². The minimum Gasteiger partial charge on any atom is -0.495 e. The Morgan fingerprint density at radius 1 is 1.30 bits per heavy atom. The lowest BCUT2D eigenvalue weighted by molar-refractivity contribution is -0.128. The highest BCUT2D eigenvalue weighted by molar-refractivity contribution is 7.09. The van der Waals surface area contributed by atoms with Crippen molar-refractivity contribution in [2.75, 3.05) is 17.3 Å². The van der Waals surface area contributed by atoms with E-state index < -0.39 is 12.1 Å². The molecular formula is C25H27N3O4S. The number of methoxy groups -OCH3 is 1. The summed E-state index contributed by atoms with van der Waals surface area (Å²) in [4.78, 5) is 32.5. The monoisotopic (exact) mass is 465 g/mol. The first-order valence-corrected chi connectivity index (χ1v) is 11.8. The summed E-state index contributed by atoms with van der Waals surface area (Å²) in [5.74, 6) is 0.519. The van der Waals surface area contributed by atoms with Crippen molar-refractivity contribution in [1.82, 2.24) is 4.98 Å². The molecule has 1 aliphatic rings. The minimum atomic E-state index is -0.770. The van der Waals surface area contributed by atoms with E-state index in [0.29, 0.717) is 22.9 Å². The SMILES string of the molecule is CCCc1nc(-c2ccc3c(c2)N(C(C)C(=O)Nc2ccccc2OC)C(=O)C(C)O3)cs1. The van der Waals surface area contributed by atoms with Gasteiger partial charge in [-0.2, -0.15) is 0 Å². The quantitative estimate of drug-likeness (QED) is 0.536. The second-order valence-corrected chi connectivity index (χ2v) is 8.84. The number of amides is 2. The van der Waals surface area contributed by atoms with Crippen molar-refractivity contribution in [3.63, 3.8) is 0 Å². The van der Waals surface area contributed by atoms with Crippen LogP contribution in [-0.2, 0) is 16.0 Å². The van der Waals surface area contributed by atoms with Crippen molar-refractivity contribution in [3.8, 4) is 22.8 Å². The molecule has 2 atom stereocenters. The molecule has 3 aromatic rings. The Kier molecular flexibility index (Phi) is 6.65. The van der Waals surface area contributed by atoms with Gasteiger partial charge in [0.05, 0.1) is 29.2 Å². The van der Waals surface area contributed by atoms with Crippen molar-refractivity contribution in [1.29, 1.82) is 0 Å². The molecule has 0 bridgehead atoms. The molecule has 33 heavy (non-hydrogen) atoms. The van der Waals surface area contributed by atoms with Crippen molar-refractivity contribution in [3.05, 3.63) is 52.9 Å². The van der Waals surface area contributed by atoms with Gasteiger partial charge in [0, 0.05) is 10.9 Å². The van der Waals surface area contributed by atoms with Crippen LogP contribution in [0.15, 0.2) is 47.8 Å². The summed E-state index contributed by atoms with van der Waals surface area (Å²) in [6.07, 6.45) is 1.27. The van der Waals surface area contributed by atoms with E-state index in [1.807, 2.05) is 35.7 Å². The van der Waals surface area contributed by atoms with Crippen LogP contribution in [0.3, 0.4) is 0 Å². The molecule has 1 N–H and O–H groups in total. The summed E-state index contributed by atoms with van der Waals surface area (Å²) in [7, 11) is 1.55. The normalized spacial score (nSPS) is 16.1. The molecule has 2 aromatic carbocycles. The maximum atomic E-state index is 13.2. The predicted molar refractivity (Wildman–Crippen MR) is 130 cm³/mol. The van der Waals surface area contributed by atoms with Crippen molar-refractivity contribution >= 4 is 34.5 Å². The number of aromatic nitrogens is 1. The first-order chi connectivity index (χ1) is 15.9. The van der Waals surface area contributed by atoms with Gasteiger partial charge in [-0.25, -0.2) is 4.98 Å². The van der Waals surface area contributed by atoms with Crippen LogP contribution in [0, 0.1) is 0 Å². The number of nitrogens with one attached hydrogen (secondary N) is 1. The van der Waals surface area contributed by atoms with E-state index in [1.165, 1.54) is 4.90 Å². The molecule has 0 spiro atoms. The van der Waals surface area contributed by atoms with E-state index in [4.69, 9.17) is 14.5 Å². The number of aryl methyl sites for hydroxylation is 1. The number of hydrogen-bond acceptors (Lipinski definition) is 6. The zero-order chi connectivity index (χ0) is 23.5. The number of thiazole rings is 1. The first-order valence-electron chi connectivity index (χ1n) is 10.9. The third-order valence-electron chi connectivity index (χ3n) is 5.55. The van der Waals surface area contributed by atoms with Gasteiger partial charge >= 0.3 is 0 Å². The van der Waals surface area contributed by atoms with Crippen LogP contribution in [0.4, 0.5) is 11.4 Å². The number of benzene rings is 2. The fourth-order valence-electron chi connectivity index (χ4n) is 3.79. The number of ether oxygens (including phenoxy) is 2. The molecule has 0 saturated heterocycles. The van der Waals surface area contributed by atoms with Crippen molar-refractivity contribution in [2.24, 2.45) is 0 Å². The second-order valence-electron chi connectivity index (χ2n) is 7.89. The molecule has 172 valence electrons. The third kappa shape index (κ3) is 4.57. The molecule has 2 unspecified atom stereocenters. The Hall–Kier alpha value is -3.39. The summed E-state index contributed by atoms with van der Waals surface area (Å²) in [5.41, 5.74) is 2.83. The zero-order valence-electron chi connectivity index (χ0n) is 19.1. The number of nitrogens with zero attached hydrogens (tertiary/aromatic N) is 2. The third-order valence-corrected chi connectivity index (χ3v) is 6.46. The predicted octanol–water partition coefficient (Wildman–Crippen LogP) is 4.91. The van der Waals surface area contributed by atoms with Gasteiger partial charge in [0.1, 0.15) is 17.5 Å². The fourth-order valence-corrected chi connectivity index (χ4v) is 4.70. The molecular weight excluding hydrogens is 438 g/mol. The highest BCUT2D eigenvalue weighted by Crippen LogP contribution is 2.39. The number of hydrogen-bond donors (Lipinski definition) is 1. The molecule has 1 aliphatic heterocycles. The number of rotatable bonds is 7. The number of para-hydroxylation sites is 2. The standard InChI is InChI=1S/C25H27N3O4S/c1-5-8-23-26-19(14-33-23)17-11-12-22-20(13-17)28(25(30)16(3)32-22)15(2)24(29)27-18-9-6-7-10-21(18)31-4/h6-7,9-16H,5,8H2,1-4H3,(H,27,29). The number of carbonyl (C=O) groups is 2. The molecule has 0 radical (unpaired) electrons. The summed E-state index contributed by atoms with van der Waals surface area (Å²) in [6, 6.07) is 12.0. The van der Waals surface area contributed by atoms with Crippen LogP contribution in [0.1, 0.15) is 32.2 Å². The van der Waals surface area contributed by atoms with Gasteiger partial charge in [-0.05, 0) is 57.0 Å². The molecule has 8 heteroatoms. The average Bonchev–Trinajstić information content (AvgIpc) is 3.28. The van der Waals surface area contributed by atoms with E-state index >= 15 is 0 Å². The van der Waals surface area contributed by atoms with E-state index in [9.17, 15) is 9.59 Å². The minimum absolute atomic E-state index is 0.271. The maximum Gasteiger partial charge on any atom is 0.268 e. The smallest absolute Gasteiger partial charge is 0.268 e. The lowest BCUT2D eigenvalue weighted by Crippen LogP contribution is -2.52. The van der Waals surface area contributed by atoms with Gasteiger partial charge in [0.2, 0.25) is 5.91 Å². The number of fused-ring (bicyclic) bond motifs is 1. The Bertz CT molecular complexity index is 1180. The highest BCUT2D eigenvalue weighted by atomic mass is 32.1. The van der Waals surface area contributed by atoms with Crippen LogP contribution >= 0.6 is 11.3 Å². The fraction of sp³-hybridized carbons (Fsp3) is 0.320. The van der Waals surface area contributed by atoms with E-state index in [0.717, 1.165) is 29.1 Å². The number of anilines is 2. The largest absolute Gasteiger partial charge is 0.495 e. The van der Waals surface area contributed by atoms with Gasteiger partial charge in [-0.15, -0.1) is 11.3 Å². The second kappa shape index (κ2) is 9.62. The maximum absolute atomic E-state index is 13.2. The molecule has 0 saturated carbocycles. The summed E-state index contributed by atoms with van der Waals surface area (Å²) in [6.45, 7) is 5.52. The van der Waals surface area contributed by atoms with Gasteiger partial charge < -0.3 is 14.8 Å². The van der Waals surface area contributed by atoms with Crippen molar-refractivity contribution in [2.45, 2.75) is 45.8 Å². The Balaban J connectivity index is 1.66. The Morgan fingerprint density at radius 3 is 2.85 bits per heavy atom. The lowest BCUT2D eigenvalue weighted by Gasteiger charge is -2.36. The molecule has 2 heterocycles. The summed E-state index contributed by atoms with van der Waals surface area (Å²) < 4.78 is 11.2. The molecule has 1 aromatic heterocycles. The molecule has 0 aliphatic carbocycles. The summed E-state index contributed by atoms with van der Waals surface area (Å²) >= 11 is 1.63. The summed E-state index contributed by atoms with van der Waals surface area (Å²) in [5, 5.41) is 5.97. The molecule has 7 nitrogen and oxygen atoms in total. The van der Waals surface area contributed by atoms with E-state index in [1.54, 1.807) is 44.4 Å². The van der Waals surface area contributed by atoms with Crippen LogP contribution in [0.5, 0.6) is 11.5 Å². The Labute approximate surface area is 197 Å². The van der Waals surface area contributed by atoms with E-state index in [-0.39, 0.29) is 11.8 Å². The van der Waals surface area contributed by atoms with Gasteiger partial charge in [0.15, 0.2) is 6.10 Å². The first kappa shape index (κ1) is 22.8. The van der Waals surface area contributed by atoms with Gasteiger partial charge in [-0.3, -0.25) is 14.5 Å². The van der Waals surface area contributed by atoms with Crippen LogP contribution in [-0.4, -0.2) is 36.1 Å². The van der Waals surface area contributed by atoms with Crippen LogP contribution in [0.2, 0.25) is 0 Å². The van der Waals surface area contributed by atoms with Gasteiger partial charge in [-0.1, -0.05) is 19.1 Å². The molecule has 2 amide bonds. The topological polar surface area (TPSA) is 80.8 Å². The highest BCUT2D eigenvalue weighted by Gasteiger charge is 2.37. The zero-order valence-corrected chi connectivity index (χ0v) is 19.9. The lowest BCUT2D eigenvalue weighted by atomic mass is 10.1. The average molecular weight is 466 g/mol.